The van der Waals surface area contributed by atoms with Crippen molar-refractivity contribution in [2.75, 3.05) is 72.5 Å². The van der Waals surface area contributed by atoms with Crippen LogP contribution in [-0.2, 0) is 62.1 Å². The van der Waals surface area contributed by atoms with E-state index in [1.165, 1.54) is 19.0 Å². The number of unbranched alkanes of at least 4 members (excludes halogenated alkanes) is 11. The van der Waals surface area contributed by atoms with Gasteiger partial charge < -0.3 is 60.5 Å². The Morgan fingerprint density at radius 1 is 0.453 bits per heavy atom. The second-order valence-electron chi connectivity index (χ2n) is 15.1. The van der Waals surface area contributed by atoms with E-state index in [9.17, 15) is 43.5 Å². The zero-order valence-electron chi connectivity index (χ0n) is 37.7. The van der Waals surface area contributed by atoms with Gasteiger partial charge in [0, 0.05) is 58.2 Å². The van der Waals surface area contributed by atoms with Crippen LogP contribution in [0.5, 0.6) is 0 Å². The number of ether oxygens (including phenoxy) is 4. The van der Waals surface area contributed by atoms with E-state index in [1.807, 2.05) is 0 Å². The largest absolute Gasteiger partial charge is 0.481 e. The fourth-order valence-corrected chi connectivity index (χ4v) is 5.92. The molecule has 9 N–H and O–H groups in total. The van der Waals surface area contributed by atoms with Gasteiger partial charge in [-0.1, -0.05) is 69.9 Å². The second-order valence-corrected chi connectivity index (χ2v) is 15.1. The Kier molecular flexibility index (Phi) is 39.7. The molecule has 0 aromatic carbocycles. The third-order valence-corrected chi connectivity index (χ3v) is 9.36. The zero-order valence-corrected chi connectivity index (χ0v) is 37.7. The van der Waals surface area contributed by atoms with E-state index in [2.05, 4.69) is 26.6 Å². The number of hydrogen-bond acceptors (Lipinski definition) is 15. The Morgan fingerprint density at radius 2 is 0.922 bits per heavy atom. The van der Waals surface area contributed by atoms with E-state index in [4.69, 9.17) is 34.1 Å². The minimum atomic E-state index is -1.20. The number of aliphatic carboxylic acids is 2. The minimum Gasteiger partial charge on any atom is -0.481 e. The van der Waals surface area contributed by atoms with Gasteiger partial charge in [-0.25, -0.2) is 4.79 Å². The average molecular weight is 921 g/mol. The highest BCUT2D eigenvalue weighted by atomic mass is 16.8. The first-order chi connectivity index (χ1) is 30.8. The van der Waals surface area contributed by atoms with Crippen LogP contribution >= 0.6 is 0 Å². The summed E-state index contributed by atoms with van der Waals surface area (Å²) in [6, 6.07) is -1.16. The first kappa shape index (κ1) is 59.7. The van der Waals surface area contributed by atoms with E-state index in [-0.39, 0.29) is 134 Å². The normalized spacial score (nSPS) is 11.9. The van der Waals surface area contributed by atoms with E-state index in [0.29, 0.717) is 25.8 Å². The quantitative estimate of drug-likeness (QED) is 0.0239. The summed E-state index contributed by atoms with van der Waals surface area (Å²) in [5.74, 6) is -3.85. The number of hydrogen-bond donors (Lipinski definition) is 9. The summed E-state index contributed by atoms with van der Waals surface area (Å²) >= 11 is 0. The fraction of sp³-hybridized carbons (Fsp3) is 0.810. The first-order valence-electron chi connectivity index (χ1n) is 22.5. The Morgan fingerprint density at radius 3 is 1.44 bits per heavy atom. The molecule has 0 spiro atoms. The van der Waals surface area contributed by atoms with Gasteiger partial charge in [-0.3, -0.25) is 38.8 Å². The highest BCUT2D eigenvalue weighted by molar-refractivity contribution is 5.84. The predicted octanol–water partition coefficient (Wildman–Crippen LogP) is 1.80. The molecule has 0 fully saturated rings. The maximum atomic E-state index is 12.3. The molecule has 0 saturated heterocycles. The van der Waals surface area contributed by atoms with E-state index < -0.39 is 30.1 Å². The second kappa shape index (κ2) is 42.6. The minimum absolute atomic E-state index is 0.00211. The van der Waals surface area contributed by atoms with Crippen molar-refractivity contribution in [3.8, 4) is 0 Å². The summed E-state index contributed by atoms with van der Waals surface area (Å²) in [5.41, 5.74) is 1.49. The molecule has 2 atom stereocenters. The number of nitrogens with one attached hydrogen (secondary N) is 6. The first-order valence-corrected chi connectivity index (χ1v) is 22.5. The molecular weight excluding hydrogens is 844 g/mol. The van der Waals surface area contributed by atoms with Crippen LogP contribution in [-0.4, -0.2) is 147 Å². The molecule has 0 heterocycles. The predicted molar refractivity (Wildman–Crippen MR) is 230 cm³/mol. The van der Waals surface area contributed by atoms with Crippen molar-refractivity contribution >= 4 is 47.3 Å². The summed E-state index contributed by atoms with van der Waals surface area (Å²) in [6.07, 6.45) is 12.5. The molecule has 5 amide bonds. The Bertz CT molecular complexity index is 1310. The molecule has 22 heteroatoms. The number of Topliss-reactive ketones (excluding diaryl/α,β-unsaturated/α-hetero) is 1. The van der Waals surface area contributed by atoms with Gasteiger partial charge in [-0.15, -0.1) is 0 Å². The molecule has 0 aliphatic rings. The third-order valence-electron chi connectivity index (χ3n) is 9.36. The van der Waals surface area contributed by atoms with Crippen molar-refractivity contribution < 1.29 is 77.6 Å². The summed E-state index contributed by atoms with van der Waals surface area (Å²) in [7, 11) is 0. The molecule has 0 aliphatic carbocycles. The Labute approximate surface area is 376 Å². The molecular formula is C42H76N6O16. The van der Waals surface area contributed by atoms with Crippen molar-refractivity contribution in [2.24, 2.45) is 0 Å². The number of carbonyl (C=O) groups excluding carboxylic acids is 6. The molecule has 0 aromatic heterocycles. The van der Waals surface area contributed by atoms with Gasteiger partial charge in [-0.2, -0.15) is 0 Å². The van der Waals surface area contributed by atoms with Gasteiger partial charge in [0.1, 0.15) is 25.0 Å². The zero-order chi connectivity index (χ0) is 47.5. The molecule has 0 radical (unpaired) electrons. The third kappa shape index (κ3) is 41.7. The van der Waals surface area contributed by atoms with E-state index in [0.717, 1.165) is 64.2 Å². The van der Waals surface area contributed by atoms with Crippen LogP contribution in [0.3, 0.4) is 0 Å². The lowest BCUT2D eigenvalue weighted by Gasteiger charge is -2.17. The molecule has 0 aliphatic heterocycles. The molecule has 370 valence electrons. The molecule has 1 unspecified atom stereocenters. The summed E-state index contributed by atoms with van der Waals surface area (Å²) < 4.78 is 21.2. The van der Waals surface area contributed by atoms with Gasteiger partial charge in [0.15, 0.2) is 6.23 Å². The van der Waals surface area contributed by atoms with Gasteiger partial charge >= 0.3 is 11.9 Å². The number of rotatable bonds is 46. The Balaban J connectivity index is 3.78. The molecule has 0 saturated carbocycles. The number of carboxylic acids is 2. The monoisotopic (exact) mass is 921 g/mol. The topological polar surface area (TPSA) is 316 Å². The summed E-state index contributed by atoms with van der Waals surface area (Å²) in [4.78, 5) is 98.4. The van der Waals surface area contributed by atoms with Crippen LogP contribution < -0.4 is 32.2 Å². The van der Waals surface area contributed by atoms with E-state index in [1.54, 1.807) is 0 Å². The SMILES string of the molecule is CC(=O)CCCNC(=O)CCC(NC(=O)COCCOCCNC(=O)COCCOCCNC(=O)CC[C@H](NC(=O)CCCCCCCCCCCCCCC(=O)O)C(=O)O)ONO. The van der Waals surface area contributed by atoms with Gasteiger partial charge in [0.2, 0.25) is 29.5 Å². The van der Waals surface area contributed by atoms with Gasteiger partial charge in [0.05, 0.1) is 39.6 Å². The van der Waals surface area contributed by atoms with Crippen LogP contribution in [0, 0.1) is 0 Å². The number of carboxylic acid groups (broad SMARTS) is 2. The highest BCUT2D eigenvalue weighted by Gasteiger charge is 2.21. The maximum absolute atomic E-state index is 12.3. The fourth-order valence-electron chi connectivity index (χ4n) is 5.92. The summed E-state index contributed by atoms with van der Waals surface area (Å²) in [5, 5.41) is 39.9. The number of amides is 5. The van der Waals surface area contributed by atoms with Crippen LogP contribution in [0.15, 0.2) is 0 Å². The molecule has 22 nitrogen and oxygen atoms in total. The average Bonchev–Trinajstić information content (AvgIpc) is 3.24. The van der Waals surface area contributed by atoms with Crippen molar-refractivity contribution in [3.63, 3.8) is 0 Å². The smallest absolute Gasteiger partial charge is 0.326 e. The Hall–Kier alpha value is -4.32. The van der Waals surface area contributed by atoms with Crippen LogP contribution in [0.25, 0.3) is 0 Å². The van der Waals surface area contributed by atoms with Crippen LogP contribution in [0.1, 0.15) is 135 Å². The molecule has 0 aromatic rings. The standard InChI is InChI=1S/C42H76N6O16/c1-33(49)15-14-22-43-36(51)20-21-40(64-48-59)47-39(54)32-63-30-28-61-26-24-45-38(53)31-62-29-27-60-25-23-44-35(50)19-18-34(42(57)58)46-37(52)16-12-10-8-6-4-2-3-5-7-9-11-13-17-41(55)56/h34,40,48,59H,2-32H2,1H3,(H,43,51)(H,44,50)(H,45,53)(H,46,52)(H,47,54)(H,55,56)(H,57,58)/t34-,40?/m0/s1. The number of carbonyl (C=O) groups is 8. The number of ketones is 1. The molecule has 64 heavy (non-hydrogen) atoms. The molecule has 0 bridgehead atoms. The van der Waals surface area contributed by atoms with Crippen molar-refractivity contribution in [2.45, 2.75) is 148 Å². The van der Waals surface area contributed by atoms with Crippen LogP contribution in [0.2, 0.25) is 0 Å². The maximum Gasteiger partial charge on any atom is 0.326 e. The van der Waals surface area contributed by atoms with E-state index >= 15 is 0 Å². The van der Waals surface area contributed by atoms with Crippen molar-refractivity contribution in [1.29, 1.82) is 0 Å². The summed E-state index contributed by atoms with van der Waals surface area (Å²) in [6.45, 7) is 2.56. The van der Waals surface area contributed by atoms with Crippen molar-refractivity contribution in [1.82, 2.24) is 32.2 Å². The molecule has 0 rings (SSSR count). The van der Waals surface area contributed by atoms with Gasteiger partial charge in [0.25, 0.3) is 0 Å². The van der Waals surface area contributed by atoms with Gasteiger partial charge in [-0.05, 0) is 32.6 Å². The van der Waals surface area contributed by atoms with Crippen LogP contribution in [0.4, 0.5) is 0 Å². The lowest BCUT2D eigenvalue weighted by atomic mass is 10.0. The lowest BCUT2D eigenvalue weighted by Crippen LogP contribution is -2.42. The highest BCUT2D eigenvalue weighted by Crippen LogP contribution is 2.13. The lowest BCUT2D eigenvalue weighted by molar-refractivity contribution is -0.178. The van der Waals surface area contributed by atoms with Crippen molar-refractivity contribution in [3.05, 3.63) is 0 Å².